The van der Waals surface area contributed by atoms with Crippen LogP contribution < -0.4 is 4.72 Å². The average molecular weight is 315 g/mol. The highest BCUT2D eigenvalue weighted by atomic mass is 32.2. The molecule has 1 atom stereocenters. The van der Waals surface area contributed by atoms with Gasteiger partial charge in [-0.3, -0.25) is 0 Å². The van der Waals surface area contributed by atoms with E-state index in [4.69, 9.17) is 5.11 Å². The molecular weight excluding hydrogens is 298 g/mol. The second kappa shape index (κ2) is 7.47. The molecule has 0 aromatic heterocycles. The van der Waals surface area contributed by atoms with Gasteiger partial charge in [-0.05, 0) is 37.0 Å². The van der Waals surface area contributed by atoms with Crippen molar-refractivity contribution >= 4 is 33.8 Å². The Labute approximate surface area is 123 Å². The van der Waals surface area contributed by atoms with Crippen LogP contribution in [-0.4, -0.2) is 37.5 Å². The molecule has 110 valence electrons. The van der Waals surface area contributed by atoms with Crippen molar-refractivity contribution in [3.05, 3.63) is 35.9 Å². The molecule has 0 fully saturated rings. The third kappa shape index (κ3) is 5.36. The van der Waals surface area contributed by atoms with Gasteiger partial charge >= 0.3 is 5.97 Å². The van der Waals surface area contributed by atoms with E-state index in [1.54, 1.807) is 30.8 Å². The maximum absolute atomic E-state index is 12.1. The molecule has 0 heterocycles. The van der Waals surface area contributed by atoms with Crippen LogP contribution in [0.25, 0.3) is 6.08 Å². The Balaban J connectivity index is 2.84. The third-order valence-electron chi connectivity index (χ3n) is 2.38. The first-order chi connectivity index (χ1) is 9.35. The quantitative estimate of drug-likeness (QED) is 0.750. The molecule has 0 aliphatic rings. The number of rotatable bonds is 7. The normalized spacial score (nSPS) is 13.5. The van der Waals surface area contributed by atoms with Gasteiger partial charge in [-0.2, -0.15) is 11.8 Å². The lowest BCUT2D eigenvalue weighted by Crippen LogP contribution is -2.34. The van der Waals surface area contributed by atoms with Crippen molar-refractivity contribution in [2.24, 2.45) is 0 Å². The molecule has 1 rings (SSSR count). The van der Waals surface area contributed by atoms with Crippen LogP contribution >= 0.6 is 11.8 Å². The minimum absolute atomic E-state index is 0.151. The van der Waals surface area contributed by atoms with E-state index >= 15 is 0 Å². The summed E-state index contributed by atoms with van der Waals surface area (Å²) in [6, 6.07) is 5.88. The number of aliphatic carboxylic acids is 1. The minimum atomic E-state index is -3.53. The molecule has 0 spiro atoms. The van der Waals surface area contributed by atoms with Gasteiger partial charge in [0, 0.05) is 17.9 Å². The monoisotopic (exact) mass is 315 g/mol. The molecule has 0 saturated heterocycles. The number of nitrogens with one attached hydrogen (secondary N) is 1. The molecule has 0 radical (unpaired) electrons. The Bertz CT molecular complexity index is 579. The van der Waals surface area contributed by atoms with Crippen LogP contribution in [0, 0.1) is 0 Å². The Morgan fingerprint density at radius 3 is 2.50 bits per heavy atom. The summed E-state index contributed by atoms with van der Waals surface area (Å²) in [6.07, 6.45) is 4.32. The van der Waals surface area contributed by atoms with Gasteiger partial charge in [0.25, 0.3) is 0 Å². The van der Waals surface area contributed by atoms with E-state index in [-0.39, 0.29) is 10.9 Å². The molecule has 0 saturated carbocycles. The van der Waals surface area contributed by atoms with Crippen LogP contribution in [0.5, 0.6) is 0 Å². The zero-order chi connectivity index (χ0) is 15.2. The third-order valence-corrected chi connectivity index (χ3v) is 4.82. The smallest absolute Gasteiger partial charge is 0.328 e. The molecule has 0 bridgehead atoms. The Kier molecular flexibility index (Phi) is 6.25. The van der Waals surface area contributed by atoms with Gasteiger partial charge in [-0.15, -0.1) is 0 Å². The van der Waals surface area contributed by atoms with Crippen molar-refractivity contribution in [3.63, 3.8) is 0 Å². The predicted octanol–water partition coefficient (Wildman–Crippen LogP) is 1.81. The number of benzene rings is 1. The molecule has 20 heavy (non-hydrogen) atoms. The minimum Gasteiger partial charge on any atom is -0.478 e. The summed E-state index contributed by atoms with van der Waals surface area (Å²) in [4.78, 5) is 10.6. The van der Waals surface area contributed by atoms with Crippen LogP contribution in [0.4, 0.5) is 0 Å². The molecule has 1 aromatic rings. The van der Waals surface area contributed by atoms with Crippen LogP contribution in [-0.2, 0) is 14.8 Å². The Morgan fingerprint density at radius 2 is 2.00 bits per heavy atom. The highest BCUT2D eigenvalue weighted by molar-refractivity contribution is 7.98. The zero-order valence-corrected chi connectivity index (χ0v) is 12.9. The van der Waals surface area contributed by atoms with Gasteiger partial charge in [0.05, 0.1) is 4.90 Å². The van der Waals surface area contributed by atoms with Gasteiger partial charge < -0.3 is 5.11 Å². The van der Waals surface area contributed by atoms with E-state index in [1.807, 2.05) is 6.26 Å². The van der Waals surface area contributed by atoms with Crippen molar-refractivity contribution in [2.45, 2.75) is 17.9 Å². The van der Waals surface area contributed by atoms with Crippen LogP contribution in [0.15, 0.2) is 35.2 Å². The Morgan fingerprint density at radius 1 is 1.40 bits per heavy atom. The number of sulfonamides is 1. The fraction of sp³-hybridized carbons (Fsp3) is 0.308. The van der Waals surface area contributed by atoms with E-state index in [1.165, 1.54) is 18.2 Å². The second-order valence-electron chi connectivity index (χ2n) is 4.22. The first kappa shape index (κ1) is 16.7. The number of hydrogen-bond donors (Lipinski definition) is 2. The van der Waals surface area contributed by atoms with Crippen LogP contribution in [0.3, 0.4) is 0 Å². The van der Waals surface area contributed by atoms with E-state index < -0.39 is 16.0 Å². The Hall–Kier alpha value is -1.31. The average Bonchev–Trinajstić information content (AvgIpc) is 2.36. The molecule has 7 heteroatoms. The molecule has 0 amide bonds. The van der Waals surface area contributed by atoms with Gasteiger partial charge in [0.15, 0.2) is 0 Å². The first-order valence-electron chi connectivity index (χ1n) is 5.87. The van der Waals surface area contributed by atoms with Crippen molar-refractivity contribution < 1.29 is 18.3 Å². The summed E-state index contributed by atoms with van der Waals surface area (Å²) in [6.45, 7) is 1.80. The summed E-state index contributed by atoms with van der Waals surface area (Å²) in [5.74, 6) is -0.354. The number of carboxylic acid groups (broad SMARTS) is 1. The lowest BCUT2D eigenvalue weighted by molar-refractivity contribution is -0.131. The maximum atomic E-state index is 12.1. The van der Waals surface area contributed by atoms with Crippen molar-refractivity contribution in [2.75, 3.05) is 12.0 Å². The summed E-state index contributed by atoms with van der Waals surface area (Å²) in [5, 5.41) is 8.51. The van der Waals surface area contributed by atoms with Crippen LogP contribution in [0.2, 0.25) is 0 Å². The molecular formula is C13H17NO4S2. The topological polar surface area (TPSA) is 83.5 Å². The van der Waals surface area contributed by atoms with Gasteiger partial charge in [0.1, 0.15) is 0 Å². The summed E-state index contributed by atoms with van der Waals surface area (Å²) in [5.41, 5.74) is 0.628. The standard InChI is InChI=1S/C13H17NO4S2/c1-10(9-19-2)14-20(17,18)12-6-3-11(4-7-12)5-8-13(15)16/h3-8,10,14H,9H2,1-2H3,(H,15,16)/b8-5+. The maximum Gasteiger partial charge on any atom is 0.328 e. The molecule has 0 aliphatic carbocycles. The molecule has 0 aliphatic heterocycles. The van der Waals surface area contributed by atoms with Crippen molar-refractivity contribution in [3.8, 4) is 0 Å². The van der Waals surface area contributed by atoms with E-state index in [9.17, 15) is 13.2 Å². The molecule has 2 N–H and O–H groups in total. The summed E-state index contributed by atoms with van der Waals surface area (Å²) >= 11 is 1.57. The second-order valence-corrected chi connectivity index (χ2v) is 6.84. The number of carboxylic acids is 1. The zero-order valence-electron chi connectivity index (χ0n) is 11.2. The van der Waals surface area contributed by atoms with Gasteiger partial charge in [-0.25, -0.2) is 17.9 Å². The number of thioether (sulfide) groups is 1. The van der Waals surface area contributed by atoms with E-state index in [0.717, 1.165) is 6.08 Å². The predicted molar refractivity (Wildman–Crippen MR) is 81.3 cm³/mol. The molecule has 1 aromatic carbocycles. The number of carbonyl (C=O) groups is 1. The fourth-order valence-electron chi connectivity index (χ4n) is 1.54. The SMILES string of the molecule is CSCC(C)NS(=O)(=O)c1ccc(/C=C/C(=O)O)cc1. The molecule has 1 unspecified atom stereocenters. The van der Waals surface area contributed by atoms with E-state index in [0.29, 0.717) is 11.3 Å². The highest BCUT2D eigenvalue weighted by Crippen LogP contribution is 2.12. The number of hydrogen-bond acceptors (Lipinski definition) is 4. The lowest BCUT2D eigenvalue weighted by atomic mass is 10.2. The largest absolute Gasteiger partial charge is 0.478 e. The molecule has 5 nitrogen and oxygen atoms in total. The van der Waals surface area contributed by atoms with Gasteiger partial charge in [0.2, 0.25) is 10.0 Å². The van der Waals surface area contributed by atoms with E-state index in [2.05, 4.69) is 4.72 Å². The first-order valence-corrected chi connectivity index (χ1v) is 8.75. The highest BCUT2D eigenvalue weighted by Gasteiger charge is 2.16. The lowest BCUT2D eigenvalue weighted by Gasteiger charge is -2.13. The van der Waals surface area contributed by atoms with Crippen molar-refractivity contribution in [1.29, 1.82) is 0 Å². The fourth-order valence-corrected chi connectivity index (χ4v) is 3.47. The van der Waals surface area contributed by atoms with Crippen LogP contribution in [0.1, 0.15) is 12.5 Å². The summed E-state index contributed by atoms with van der Waals surface area (Å²) in [7, 11) is -3.53. The van der Waals surface area contributed by atoms with Gasteiger partial charge in [-0.1, -0.05) is 12.1 Å². The van der Waals surface area contributed by atoms with Crippen molar-refractivity contribution in [1.82, 2.24) is 4.72 Å². The summed E-state index contributed by atoms with van der Waals surface area (Å²) < 4.78 is 26.7.